The molecule has 0 aliphatic rings. The molecule has 0 fully saturated rings. The first-order chi connectivity index (χ1) is 9.47. The highest BCUT2D eigenvalue weighted by Crippen LogP contribution is 2.15. The zero-order valence-corrected chi connectivity index (χ0v) is 12.8. The smallest absolute Gasteiger partial charge is 0.175 e. The second-order valence-electron chi connectivity index (χ2n) is 5.03. The van der Waals surface area contributed by atoms with Crippen molar-refractivity contribution in [1.82, 2.24) is 0 Å². The molecule has 2 aromatic rings. The monoisotopic (exact) mass is 286 g/mol. The van der Waals surface area contributed by atoms with Crippen LogP contribution in [0.15, 0.2) is 47.4 Å². The Hall–Kier alpha value is -1.74. The quantitative estimate of drug-likeness (QED) is 0.805. The standard InChI is InChI=1S/C17H18O2S/c1-12-5-4-6-15(9-12)17(18)11-20(19)16-8-7-13(2)14(3)10-16/h4-10H,11H2,1-3H3. The van der Waals surface area contributed by atoms with Crippen LogP contribution in [0.4, 0.5) is 0 Å². The lowest BCUT2D eigenvalue weighted by molar-refractivity contribution is 0.102. The first-order valence-corrected chi connectivity index (χ1v) is 7.85. The second-order valence-corrected chi connectivity index (χ2v) is 6.48. The average molecular weight is 286 g/mol. The van der Waals surface area contributed by atoms with Gasteiger partial charge in [0.25, 0.3) is 0 Å². The van der Waals surface area contributed by atoms with Crippen molar-refractivity contribution in [3.05, 3.63) is 64.7 Å². The van der Waals surface area contributed by atoms with E-state index in [2.05, 4.69) is 0 Å². The summed E-state index contributed by atoms with van der Waals surface area (Å²) in [6, 6.07) is 13.1. The van der Waals surface area contributed by atoms with Gasteiger partial charge in [0, 0.05) is 10.5 Å². The summed E-state index contributed by atoms with van der Waals surface area (Å²) in [6.07, 6.45) is 0. The molecule has 0 aromatic heterocycles. The first-order valence-electron chi connectivity index (χ1n) is 6.53. The lowest BCUT2D eigenvalue weighted by atomic mass is 10.1. The predicted octanol–water partition coefficient (Wildman–Crippen LogP) is 3.60. The number of ketones is 1. The van der Waals surface area contributed by atoms with Crippen molar-refractivity contribution >= 4 is 16.6 Å². The van der Waals surface area contributed by atoms with E-state index in [1.807, 2.05) is 57.2 Å². The fourth-order valence-corrected chi connectivity index (χ4v) is 3.06. The second kappa shape index (κ2) is 6.14. The lowest BCUT2D eigenvalue weighted by Crippen LogP contribution is -2.11. The van der Waals surface area contributed by atoms with E-state index in [1.54, 1.807) is 6.07 Å². The molecule has 2 rings (SSSR count). The van der Waals surface area contributed by atoms with Crippen LogP contribution >= 0.6 is 0 Å². The van der Waals surface area contributed by atoms with Crippen molar-refractivity contribution in [3.63, 3.8) is 0 Å². The Morgan fingerprint density at radius 1 is 1.00 bits per heavy atom. The molecule has 0 amide bonds. The van der Waals surface area contributed by atoms with Gasteiger partial charge in [0.2, 0.25) is 0 Å². The van der Waals surface area contributed by atoms with Crippen LogP contribution in [0.25, 0.3) is 0 Å². The lowest BCUT2D eigenvalue weighted by Gasteiger charge is -2.06. The fourth-order valence-electron chi connectivity index (χ4n) is 1.96. The van der Waals surface area contributed by atoms with Crippen LogP contribution in [0.1, 0.15) is 27.0 Å². The van der Waals surface area contributed by atoms with Crippen molar-refractivity contribution in [2.24, 2.45) is 0 Å². The van der Waals surface area contributed by atoms with Gasteiger partial charge in [-0.1, -0.05) is 29.8 Å². The van der Waals surface area contributed by atoms with Gasteiger partial charge in [-0.15, -0.1) is 0 Å². The van der Waals surface area contributed by atoms with Gasteiger partial charge in [-0.25, -0.2) is 0 Å². The van der Waals surface area contributed by atoms with Gasteiger partial charge in [-0.2, -0.15) is 0 Å². The summed E-state index contributed by atoms with van der Waals surface area (Å²) in [5.41, 5.74) is 3.92. The molecule has 104 valence electrons. The Balaban J connectivity index is 2.15. The normalized spacial score (nSPS) is 12.2. The van der Waals surface area contributed by atoms with Crippen molar-refractivity contribution in [1.29, 1.82) is 0 Å². The van der Waals surface area contributed by atoms with Crippen LogP contribution in [-0.2, 0) is 10.8 Å². The molecular formula is C17H18O2S. The third-order valence-electron chi connectivity index (χ3n) is 3.34. The van der Waals surface area contributed by atoms with Gasteiger partial charge in [-0.05, 0) is 50.1 Å². The van der Waals surface area contributed by atoms with Crippen LogP contribution in [0.5, 0.6) is 0 Å². The Morgan fingerprint density at radius 3 is 2.40 bits per heavy atom. The molecule has 1 atom stereocenters. The van der Waals surface area contributed by atoms with Crippen LogP contribution in [0.2, 0.25) is 0 Å². The molecule has 2 nitrogen and oxygen atoms in total. The van der Waals surface area contributed by atoms with E-state index >= 15 is 0 Å². The molecule has 0 N–H and O–H groups in total. The number of carbonyl (C=O) groups excluding carboxylic acids is 1. The zero-order valence-electron chi connectivity index (χ0n) is 12.0. The van der Waals surface area contributed by atoms with Crippen LogP contribution in [0, 0.1) is 20.8 Å². The van der Waals surface area contributed by atoms with Crippen molar-refractivity contribution in [3.8, 4) is 0 Å². The number of carbonyl (C=O) groups is 1. The summed E-state index contributed by atoms with van der Waals surface area (Å²) in [5, 5.41) is 0. The highest BCUT2D eigenvalue weighted by atomic mass is 32.2. The summed E-state index contributed by atoms with van der Waals surface area (Å²) in [5.74, 6) is -0.0448. The molecule has 0 spiro atoms. The van der Waals surface area contributed by atoms with Gasteiger partial charge in [0.05, 0.1) is 16.6 Å². The summed E-state index contributed by atoms with van der Waals surface area (Å²) in [4.78, 5) is 12.9. The molecule has 0 radical (unpaired) electrons. The third kappa shape index (κ3) is 3.42. The van der Waals surface area contributed by atoms with Gasteiger partial charge >= 0.3 is 0 Å². The molecule has 1 unspecified atom stereocenters. The Labute approximate surface area is 122 Å². The number of Topliss-reactive ketones (excluding diaryl/α,β-unsaturated/α-hetero) is 1. The van der Waals surface area contributed by atoms with E-state index in [4.69, 9.17) is 0 Å². The molecule has 0 bridgehead atoms. The molecular weight excluding hydrogens is 268 g/mol. The summed E-state index contributed by atoms with van der Waals surface area (Å²) in [7, 11) is -1.29. The number of hydrogen-bond donors (Lipinski definition) is 0. The van der Waals surface area contributed by atoms with E-state index in [-0.39, 0.29) is 11.5 Å². The van der Waals surface area contributed by atoms with Crippen molar-refractivity contribution < 1.29 is 9.00 Å². The maximum atomic E-state index is 12.3. The van der Waals surface area contributed by atoms with E-state index in [9.17, 15) is 9.00 Å². The minimum atomic E-state index is -1.29. The summed E-state index contributed by atoms with van der Waals surface area (Å²) in [6.45, 7) is 5.94. The summed E-state index contributed by atoms with van der Waals surface area (Å²) < 4.78 is 12.3. The highest BCUT2D eigenvalue weighted by molar-refractivity contribution is 7.85. The Bertz CT molecular complexity index is 674. The minimum absolute atomic E-state index is 0.0337. The van der Waals surface area contributed by atoms with E-state index in [0.717, 1.165) is 16.7 Å². The SMILES string of the molecule is Cc1cccc(C(=O)CS(=O)c2ccc(C)c(C)c2)c1. The molecule has 0 heterocycles. The Kier molecular flexibility index (Phi) is 4.50. The van der Waals surface area contributed by atoms with E-state index in [1.165, 1.54) is 0 Å². The molecule has 2 aromatic carbocycles. The zero-order chi connectivity index (χ0) is 14.7. The number of benzene rings is 2. The number of rotatable bonds is 4. The molecule has 0 saturated carbocycles. The first kappa shape index (κ1) is 14.7. The average Bonchev–Trinajstić information content (AvgIpc) is 2.41. The maximum Gasteiger partial charge on any atom is 0.175 e. The molecule has 0 aliphatic carbocycles. The third-order valence-corrected chi connectivity index (χ3v) is 4.65. The van der Waals surface area contributed by atoms with E-state index in [0.29, 0.717) is 10.5 Å². The van der Waals surface area contributed by atoms with Gasteiger partial charge in [-0.3, -0.25) is 9.00 Å². The fraction of sp³-hybridized carbons (Fsp3) is 0.235. The Morgan fingerprint density at radius 2 is 1.75 bits per heavy atom. The molecule has 0 aliphatic heterocycles. The van der Waals surface area contributed by atoms with Gasteiger partial charge < -0.3 is 0 Å². The number of aryl methyl sites for hydroxylation is 3. The molecule has 3 heteroatoms. The topological polar surface area (TPSA) is 34.1 Å². The molecule has 20 heavy (non-hydrogen) atoms. The van der Waals surface area contributed by atoms with Crippen molar-refractivity contribution in [2.75, 3.05) is 5.75 Å². The highest BCUT2D eigenvalue weighted by Gasteiger charge is 2.13. The number of hydrogen-bond acceptors (Lipinski definition) is 2. The van der Waals surface area contributed by atoms with Gasteiger partial charge in [0.15, 0.2) is 5.78 Å². The van der Waals surface area contributed by atoms with Crippen LogP contribution in [0.3, 0.4) is 0 Å². The minimum Gasteiger partial charge on any atom is -0.293 e. The van der Waals surface area contributed by atoms with Gasteiger partial charge in [0.1, 0.15) is 0 Å². The molecule has 0 saturated heterocycles. The summed E-state index contributed by atoms with van der Waals surface area (Å²) >= 11 is 0. The maximum absolute atomic E-state index is 12.3. The van der Waals surface area contributed by atoms with Crippen LogP contribution in [-0.4, -0.2) is 15.7 Å². The van der Waals surface area contributed by atoms with Crippen LogP contribution < -0.4 is 0 Å². The largest absolute Gasteiger partial charge is 0.293 e. The predicted molar refractivity (Wildman–Crippen MR) is 82.7 cm³/mol. The van der Waals surface area contributed by atoms with E-state index < -0.39 is 10.8 Å². The van der Waals surface area contributed by atoms with Crippen molar-refractivity contribution in [2.45, 2.75) is 25.7 Å².